The van der Waals surface area contributed by atoms with Crippen molar-refractivity contribution in [1.29, 1.82) is 0 Å². The van der Waals surface area contributed by atoms with E-state index in [9.17, 15) is 22.4 Å². The van der Waals surface area contributed by atoms with Crippen molar-refractivity contribution in [1.82, 2.24) is 4.98 Å². The van der Waals surface area contributed by atoms with Gasteiger partial charge in [-0.1, -0.05) is 25.5 Å². The minimum atomic E-state index is -4.67. The highest BCUT2D eigenvalue weighted by atomic mass is 19.4. The van der Waals surface area contributed by atoms with Gasteiger partial charge in [0, 0.05) is 23.0 Å². The number of aryl methyl sites for hydroxylation is 1. The van der Waals surface area contributed by atoms with Gasteiger partial charge in [0.15, 0.2) is 0 Å². The molecular formula is C23H20F4N2O. The van der Waals surface area contributed by atoms with Crippen LogP contribution in [0.15, 0.2) is 60.8 Å². The molecule has 1 N–H and O–H groups in total. The molecular weight excluding hydrogens is 396 g/mol. The molecule has 0 fully saturated rings. The number of amides is 1. The van der Waals surface area contributed by atoms with Crippen LogP contribution in [0.25, 0.3) is 11.3 Å². The van der Waals surface area contributed by atoms with Crippen molar-refractivity contribution in [2.24, 2.45) is 0 Å². The van der Waals surface area contributed by atoms with E-state index in [1.807, 2.05) is 12.1 Å². The van der Waals surface area contributed by atoms with E-state index in [4.69, 9.17) is 0 Å². The molecule has 0 radical (unpaired) electrons. The third kappa shape index (κ3) is 5.03. The number of pyridine rings is 1. The van der Waals surface area contributed by atoms with Gasteiger partial charge in [-0.2, -0.15) is 13.2 Å². The molecule has 0 aliphatic rings. The van der Waals surface area contributed by atoms with Gasteiger partial charge in [-0.25, -0.2) is 4.39 Å². The maximum absolute atomic E-state index is 14.6. The Morgan fingerprint density at radius 1 is 1.07 bits per heavy atom. The molecule has 0 atom stereocenters. The van der Waals surface area contributed by atoms with Gasteiger partial charge in [-0.3, -0.25) is 9.78 Å². The summed E-state index contributed by atoms with van der Waals surface area (Å²) >= 11 is 0. The summed E-state index contributed by atoms with van der Waals surface area (Å²) in [5.41, 5.74) is -0.174. The molecule has 7 heteroatoms. The number of aromatic nitrogens is 1. The van der Waals surface area contributed by atoms with Gasteiger partial charge < -0.3 is 5.32 Å². The highest BCUT2D eigenvalue weighted by Crippen LogP contribution is 2.36. The Labute approximate surface area is 171 Å². The standard InChI is InChI=1S/C23H20F4N2O/c1-2-3-5-15-7-10-17(11-8-15)29-22(30)16-9-12-18(20(24)14-16)21-19(23(25,26)27)6-4-13-28-21/h4,6-14H,2-3,5H2,1H3,(H,29,30). The maximum Gasteiger partial charge on any atom is 0.418 e. The Morgan fingerprint density at radius 2 is 1.80 bits per heavy atom. The molecule has 1 amide bonds. The number of carbonyl (C=O) groups is 1. The quantitative estimate of drug-likeness (QED) is 0.466. The minimum Gasteiger partial charge on any atom is -0.322 e. The molecule has 156 valence electrons. The van der Waals surface area contributed by atoms with Crippen molar-refractivity contribution in [3.8, 4) is 11.3 Å². The predicted octanol–water partition coefficient (Wildman–Crippen LogP) is 6.50. The first kappa shape index (κ1) is 21.5. The van der Waals surface area contributed by atoms with E-state index >= 15 is 0 Å². The van der Waals surface area contributed by atoms with Gasteiger partial charge in [0.2, 0.25) is 0 Å². The average molecular weight is 416 g/mol. The van der Waals surface area contributed by atoms with Gasteiger partial charge in [-0.15, -0.1) is 0 Å². The second-order valence-corrected chi connectivity index (χ2v) is 6.85. The van der Waals surface area contributed by atoms with Crippen LogP contribution in [-0.2, 0) is 12.6 Å². The summed E-state index contributed by atoms with van der Waals surface area (Å²) in [5, 5.41) is 2.66. The lowest BCUT2D eigenvalue weighted by molar-refractivity contribution is -0.137. The SMILES string of the molecule is CCCCc1ccc(NC(=O)c2ccc(-c3ncccc3C(F)(F)F)c(F)c2)cc1. The van der Waals surface area contributed by atoms with Crippen molar-refractivity contribution in [2.45, 2.75) is 32.4 Å². The van der Waals surface area contributed by atoms with Crippen LogP contribution in [0.4, 0.5) is 23.2 Å². The summed E-state index contributed by atoms with van der Waals surface area (Å²) in [5.74, 6) is -1.51. The molecule has 0 saturated heterocycles. The number of benzene rings is 2. The van der Waals surface area contributed by atoms with Crippen molar-refractivity contribution in [2.75, 3.05) is 5.32 Å². The highest BCUT2D eigenvalue weighted by molar-refractivity contribution is 6.04. The summed E-state index contributed by atoms with van der Waals surface area (Å²) in [7, 11) is 0. The van der Waals surface area contributed by atoms with Crippen LogP contribution in [0.5, 0.6) is 0 Å². The second-order valence-electron chi connectivity index (χ2n) is 6.85. The largest absolute Gasteiger partial charge is 0.418 e. The third-order valence-corrected chi connectivity index (χ3v) is 4.63. The fourth-order valence-corrected chi connectivity index (χ4v) is 3.04. The lowest BCUT2D eigenvalue weighted by atomic mass is 10.0. The molecule has 0 bridgehead atoms. The van der Waals surface area contributed by atoms with E-state index in [1.54, 1.807) is 12.1 Å². The van der Waals surface area contributed by atoms with E-state index in [2.05, 4.69) is 17.2 Å². The Kier molecular flexibility index (Phi) is 6.50. The zero-order chi connectivity index (χ0) is 21.7. The fourth-order valence-electron chi connectivity index (χ4n) is 3.04. The predicted molar refractivity (Wildman–Crippen MR) is 108 cm³/mol. The van der Waals surface area contributed by atoms with Crippen LogP contribution in [-0.4, -0.2) is 10.9 Å². The first-order chi connectivity index (χ1) is 14.3. The molecule has 1 heterocycles. The monoisotopic (exact) mass is 416 g/mol. The van der Waals surface area contributed by atoms with E-state index in [0.717, 1.165) is 55.3 Å². The smallest absolute Gasteiger partial charge is 0.322 e. The molecule has 0 aliphatic heterocycles. The number of halogens is 4. The van der Waals surface area contributed by atoms with Crippen LogP contribution in [0, 0.1) is 5.82 Å². The summed E-state index contributed by atoms with van der Waals surface area (Å²) in [6, 6.07) is 12.6. The van der Waals surface area contributed by atoms with Gasteiger partial charge in [-0.05, 0) is 60.9 Å². The number of carbonyl (C=O) groups excluding carboxylic acids is 1. The van der Waals surface area contributed by atoms with Crippen LogP contribution >= 0.6 is 0 Å². The van der Waals surface area contributed by atoms with Crippen molar-refractivity contribution in [3.05, 3.63) is 83.3 Å². The van der Waals surface area contributed by atoms with Crippen molar-refractivity contribution in [3.63, 3.8) is 0 Å². The first-order valence-corrected chi connectivity index (χ1v) is 9.52. The molecule has 0 spiro atoms. The lowest BCUT2D eigenvalue weighted by Crippen LogP contribution is -2.13. The molecule has 3 nitrogen and oxygen atoms in total. The fraction of sp³-hybridized carbons (Fsp3) is 0.217. The Morgan fingerprint density at radius 3 is 2.43 bits per heavy atom. The average Bonchev–Trinajstić information content (AvgIpc) is 2.72. The normalized spacial score (nSPS) is 11.4. The van der Waals surface area contributed by atoms with E-state index < -0.39 is 29.2 Å². The highest BCUT2D eigenvalue weighted by Gasteiger charge is 2.34. The van der Waals surface area contributed by atoms with Crippen LogP contribution < -0.4 is 5.32 Å². The van der Waals surface area contributed by atoms with Gasteiger partial charge in [0.25, 0.3) is 5.91 Å². The van der Waals surface area contributed by atoms with Crippen molar-refractivity contribution < 1.29 is 22.4 Å². The van der Waals surface area contributed by atoms with Crippen LogP contribution in [0.1, 0.15) is 41.3 Å². The van der Waals surface area contributed by atoms with E-state index in [0.29, 0.717) is 5.69 Å². The minimum absolute atomic E-state index is 0.00389. The number of rotatable bonds is 6. The molecule has 1 aromatic heterocycles. The number of hydrogen-bond donors (Lipinski definition) is 1. The topological polar surface area (TPSA) is 42.0 Å². The zero-order valence-corrected chi connectivity index (χ0v) is 16.3. The van der Waals surface area contributed by atoms with Crippen molar-refractivity contribution >= 4 is 11.6 Å². The Balaban J connectivity index is 1.80. The molecule has 0 unspecified atom stereocenters. The summed E-state index contributed by atoms with van der Waals surface area (Å²) in [4.78, 5) is 16.1. The van der Waals surface area contributed by atoms with Crippen LogP contribution in [0.2, 0.25) is 0 Å². The maximum atomic E-state index is 14.6. The number of alkyl halides is 3. The zero-order valence-electron chi connectivity index (χ0n) is 16.3. The lowest BCUT2D eigenvalue weighted by Gasteiger charge is -2.13. The van der Waals surface area contributed by atoms with Gasteiger partial charge in [0.1, 0.15) is 5.82 Å². The van der Waals surface area contributed by atoms with Crippen LogP contribution in [0.3, 0.4) is 0 Å². The molecule has 2 aromatic carbocycles. The van der Waals surface area contributed by atoms with E-state index in [1.165, 1.54) is 6.07 Å². The molecule has 0 saturated carbocycles. The third-order valence-electron chi connectivity index (χ3n) is 4.63. The summed E-state index contributed by atoms with van der Waals surface area (Å²) in [6.45, 7) is 2.11. The van der Waals surface area contributed by atoms with Gasteiger partial charge in [0.05, 0.1) is 11.3 Å². The second kappa shape index (κ2) is 9.07. The number of hydrogen-bond acceptors (Lipinski definition) is 2. The number of unbranched alkanes of at least 4 members (excludes halogenated alkanes) is 1. The molecule has 0 aliphatic carbocycles. The van der Waals surface area contributed by atoms with E-state index in [-0.39, 0.29) is 11.1 Å². The summed E-state index contributed by atoms with van der Waals surface area (Å²) < 4.78 is 54.1. The molecule has 3 aromatic rings. The number of nitrogens with one attached hydrogen (secondary N) is 1. The summed E-state index contributed by atoms with van der Waals surface area (Å²) in [6.07, 6.45) is -0.401. The number of nitrogens with zero attached hydrogens (tertiary/aromatic N) is 1. The molecule has 30 heavy (non-hydrogen) atoms. The Bertz CT molecular complexity index is 1030. The van der Waals surface area contributed by atoms with Gasteiger partial charge >= 0.3 is 6.18 Å². The Hall–Kier alpha value is -3.22. The first-order valence-electron chi connectivity index (χ1n) is 9.52. The molecule has 3 rings (SSSR count). The number of anilines is 1.